The number of amides is 2. The van der Waals surface area contributed by atoms with Crippen molar-refractivity contribution in [3.05, 3.63) is 64.7 Å². The average molecular weight is 712 g/mol. The highest BCUT2D eigenvalue weighted by Crippen LogP contribution is 2.47. The highest BCUT2D eigenvalue weighted by Gasteiger charge is 2.45. The SMILES string of the molecule is CC1(C)OCC=C[C@H](OCC(=O)N2CCCC2)[C@@H]2CC[C@H]2CN2C[C@@]3(CCCc4cc(Cl)ccc43)COc3ccc(cc32)S(=O)(=O)NC1=O. The minimum Gasteiger partial charge on any atom is -0.490 e. The molecule has 1 saturated heterocycles. The van der Waals surface area contributed by atoms with E-state index in [0.29, 0.717) is 36.2 Å². The van der Waals surface area contributed by atoms with Crippen LogP contribution in [-0.2, 0) is 40.9 Å². The van der Waals surface area contributed by atoms with Crippen LogP contribution in [0.5, 0.6) is 5.75 Å². The number of fused-ring (bicyclic) bond motifs is 4. The highest BCUT2D eigenvalue weighted by molar-refractivity contribution is 7.90. The summed E-state index contributed by atoms with van der Waals surface area (Å²) in [4.78, 5) is 30.4. The van der Waals surface area contributed by atoms with Crippen LogP contribution in [0, 0.1) is 11.8 Å². The maximum atomic E-state index is 13.6. The van der Waals surface area contributed by atoms with Crippen molar-refractivity contribution in [2.45, 2.75) is 80.8 Å². The van der Waals surface area contributed by atoms with Gasteiger partial charge in [0.15, 0.2) is 0 Å². The van der Waals surface area contributed by atoms with Gasteiger partial charge in [-0.05, 0) is 112 Å². The molecule has 264 valence electrons. The molecule has 2 aliphatic carbocycles. The number of benzene rings is 2. The van der Waals surface area contributed by atoms with Crippen LogP contribution >= 0.6 is 11.6 Å². The first-order valence-corrected chi connectivity index (χ1v) is 19.4. The molecule has 2 bridgehead atoms. The van der Waals surface area contributed by atoms with E-state index in [2.05, 4.69) is 21.8 Å². The lowest BCUT2D eigenvalue weighted by Gasteiger charge is -2.46. The number of carbonyl (C=O) groups excluding carboxylic acids is 2. The number of anilines is 1. The lowest BCUT2D eigenvalue weighted by atomic mass is 9.68. The van der Waals surface area contributed by atoms with Crippen molar-refractivity contribution in [2.75, 3.05) is 50.9 Å². The molecule has 2 fully saturated rings. The first-order chi connectivity index (χ1) is 23.4. The number of likely N-dealkylation sites (tertiary alicyclic amines) is 1. The fourth-order valence-corrected chi connectivity index (χ4v) is 9.48. The van der Waals surface area contributed by atoms with Crippen LogP contribution in [0.2, 0.25) is 5.02 Å². The quantitative estimate of drug-likeness (QED) is 0.442. The third-order valence-corrected chi connectivity index (χ3v) is 12.7. The fourth-order valence-electron chi connectivity index (χ4n) is 8.16. The molecule has 0 aromatic heterocycles. The zero-order valence-corrected chi connectivity index (χ0v) is 29.9. The molecule has 5 aliphatic rings. The molecule has 12 heteroatoms. The number of ether oxygens (including phenoxy) is 3. The Bertz CT molecular complexity index is 1740. The summed E-state index contributed by atoms with van der Waals surface area (Å²) in [6.45, 7) is 6.43. The summed E-state index contributed by atoms with van der Waals surface area (Å²) in [5.74, 6) is 0.203. The zero-order chi connectivity index (χ0) is 34.4. The summed E-state index contributed by atoms with van der Waals surface area (Å²) in [5, 5.41) is 0.712. The number of aryl methyl sites for hydroxylation is 1. The largest absolute Gasteiger partial charge is 0.490 e. The number of halogens is 1. The van der Waals surface area contributed by atoms with E-state index in [1.165, 1.54) is 17.2 Å². The topological polar surface area (TPSA) is 114 Å². The number of nitrogens with zero attached hydrogens (tertiary/aromatic N) is 2. The van der Waals surface area contributed by atoms with E-state index in [0.717, 1.165) is 58.0 Å². The molecule has 3 heterocycles. The van der Waals surface area contributed by atoms with Gasteiger partial charge >= 0.3 is 0 Å². The Balaban J connectivity index is 1.26. The Hall–Kier alpha value is -3.12. The van der Waals surface area contributed by atoms with Gasteiger partial charge in [-0.25, -0.2) is 13.1 Å². The van der Waals surface area contributed by atoms with Gasteiger partial charge in [0, 0.05) is 36.6 Å². The van der Waals surface area contributed by atoms with Gasteiger partial charge in [-0.15, -0.1) is 0 Å². The van der Waals surface area contributed by atoms with Gasteiger partial charge in [0.05, 0.1) is 29.9 Å². The Kier molecular flexibility index (Phi) is 9.49. The first-order valence-electron chi connectivity index (χ1n) is 17.5. The summed E-state index contributed by atoms with van der Waals surface area (Å²) in [6, 6.07) is 11.0. The van der Waals surface area contributed by atoms with E-state index < -0.39 is 21.5 Å². The molecule has 0 radical (unpaired) electrons. The number of hydrogen-bond donors (Lipinski definition) is 1. The molecular formula is C37H46ClN3O7S. The summed E-state index contributed by atoms with van der Waals surface area (Å²) in [5.41, 5.74) is 1.37. The minimum atomic E-state index is -4.22. The van der Waals surface area contributed by atoms with E-state index in [4.69, 9.17) is 25.8 Å². The minimum absolute atomic E-state index is 0.00770. The second kappa shape index (κ2) is 13.5. The Labute approximate surface area is 294 Å². The van der Waals surface area contributed by atoms with Crippen molar-refractivity contribution in [3.8, 4) is 5.75 Å². The van der Waals surface area contributed by atoms with Gasteiger partial charge in [0.1, 0.15) is 18.0 Å². The summed E-state index contributed by atoms with van der Waals surface area (Å²) in [7, 11) is -4.22. The second-order valence-corrected chi connectivity index (χ2v) is 16.9. The van der Waals surface area contributed by atoms with E-state index >= 15 is 0 Å². The van der Waals surface area contributed by atoms with Gasteiger partial charge in [-0.1, -0.05) is 29.8 Å². The molecule has 2 amide bonds. The van der Waals surface area contributed by atoms with Crippen LogP contribution < -0.4 is 14.4 Å². The van der Waals surface area contributed by atoms with E-state index in [1.54, 1.807) is 26.0 Å². The average Bonchev–Trinajstić information content (AvgIpc) is 3.55. The lowest BCUT2D eigenvalue weighted by molar-refractivity contribution is -0.140. The molecule has 7 rings (SSSR count). The Morgan fingerprint density at radius 2 is 1.92 bits per heavy atom. The fraction of sp³-hybridized carbons (Fsp3) is 0.568. The van der Waals surface area contributed by atoms with Crippen molar-refractivity contribution >= 4 is 39.1 Å². The number of rotatable bonds is 3. The Morgan fingerprint density at radius 1 is 1.10 bits per heavy atom. The normalized spacial score (nSPS) is 29.2. The third-order valence-electron chi connectivity index (χ3n) is 11.2. The first kappa shape index (κ1) is 34.3. The van der Waals surface area contributed by atoms with Gasteiger partial charge < -0.3 is 24.0 Å². The maximum Gasteiger partial charge on any atom is 0.265 e. The molecule has 1 saturated carbocycles. The standard InChI is InChI=1S/C37H46ClN3O7S/c1-36(2)35(43)39-49(44,45)28-11-14-33-31(20-28)41(23-37(24-47-33)15-5-7-25-19-27(38)10-13-30(25)37)21-26-9-12-29(26)32(8-6-18-48-36)46-22-34(42)40-16-3-4-17-40/h6,8,10-11,13-14,19-20,26,29,32H,3-5,7,9,12,15-18,21-24H2,1-2H3,(H,39,43)/t26-,29+,32-,37-/m0/s1. The van der Waals surface area contributed by atoms with Crippen LogP contribution in [-0.4, -0.2) is 82.8 Å². The lowest BCUT2D eigenvalue weighted by Crippen LogP contribution is -2.50. The third kappa shape index (κ3) is 6.96. The molecule has 2 aromatic carbocycles. The summed E-state index contributed by atoms with van der Waals surface area (Å²) >= 11 is 6.44. The van der Waals surface area contributed by atoms with Crippen molar-refractivity contribution < 1.29 is 32.2 Å². The van der Waals surface area contributed by atoms with Gasteiger partial charge in [-0.3, -0.25) is 9.59 Å². The number of hydrogen-bond acceptors (Lipinski definition) is 8. The zero-order valence-electron chi connectivity index (χ0n) is 28.3. The van der Waals surface area contributed by atoms with Gasteiger partial charge in [0.2, 0.25) is 5.91 Å². The van der Waals surface area contributed by atoms with Crippen LogP contribution in [0.1, 0.15) is 63.5 Å². The second-order valence-electron chi connectivity index (χ2n) is 14.8. The smallest absolute Gasteiger partial charge is 0.265 e. The van der Waals surface area contributed by atoms with E-state index in [1.807, 2.05) is 23.1 Å². The molecule has 10 nitrogen and oxygen atoms in total. The molecule has 0 unspecified atom stereocenters. The van der Waals surface area contributed by atoms with Gasteiger partial charge in [-0.2, -0.15) is 0 Å². The van der Waals surface area contributed by atoms with Crippen molar-refractivity contribution in [1.29, 1.82) is 0 Å². The molecule has 4 atom stereocenters. The molecule has 49 heavy (non-hydrogen) atoms. The number of nitrogens with one attached hydrogen (secondary N) is 1. The predicted octanol–water partition coefficient (Wildman–Crippen LogP) is 5.02. The number of sulfonamides is 1. The highest BCUT2D eigenvalue weighted by atomic mass is 35.5. The molecule has 2 aromatic rings. The molecule has 1 spiro atoms. The van der Waals surface area contributed by atoms with E-state index in [-0.39, 0.29) is 47.4 Å². The monoisotopic (exact) mass is 711 g/mol. The van der Waals surface area contributed by atoms with E-state index in [9.17, 15) is 18.0 Å². The van der Waals surface area contributed by atoms with Gasteiger partial charge in [0.25, 0.3) is 15.9 Å². The van der Waals surface area contributed by atoms with Crippen LogP contribution in [0.3, 0.4) is 0 Å². The number of carbonyl (C=O) groups is 2. The van der Waals surface area contributed by atoms with Crippen molar-refractivity contribution in [2.24, 2.45) is 11.8 Å². The summed E-state index contributed by atoms with van der Waals surface area (Å²) < 4.78 is 48.3. The molecular weight excluding hydrogens is 666 g/mol. The molecule has 3 aliphatic heterocycles. The summed E-state index contributed by atoms with van der Waals surface area (Å²) in [6.07, 6.45) is 10.2. The maximum absolute atomic E-state index is 13.6. The Morgan fingerprint density at radius 3 is 2.69 bits per heavy atom. The van der Waals surface area contributed by atoms with Crippen molar-refractivity contribution in [3.63, 3.8) is 0 Å². The molecule has 1 N–H and O–H groups in total. The predicted molar refractivity (Wildman–Crippen MR) is 186 cm³/mol. The van der Waals surface area contributed by atoms with Crippen LogP contribution in [0.25, 0.3) is 0 Å². The van der Waals surface area contributed by atoms with Crippen LogP contribution in [0.15, 0.2) is 53.4 Å². The van der Waals surface area contributed by atoms with Crippen LogP contribution in [0.4, 0.5) is 5.69 Å². The van der Waals surface area contributed by atoms with Crippen molar-refractivity contribution in [1.82, 2.24) is 9.62 Å².